The summed E-state index contributed by atoms with van der Waals surface area (Å²) in [4.78, 5) is 10.3. The Morgan fingerprint density at radius 1 is 1.43 bits per heavy atom. The van der Waals surface area contributed by atoms with Crippen LogP contribution in [0, 0.1) is 11.3 Å². The highest BCUT2D eigenvalue weighted by molar-refractivity contribution is 7.90. The molecule has 2 aliphatic rings. The highest BCUT2D eigenvalue weighted by Gasteiger charge is 2.42. The molecule has 1 aliphatic carbocycles. The van der Waals surface area contributed by atoms with Crippen molar-refractivity contribution < 1.29 is 8.42 Å². The minimum Gasteiger partial charge on any atom is -0.339 e. The minimum absolute atomic E-state index is 0.0510. The summed E-state index contributed by atoms with van der Waals surface area (Å²) < 4.78 is 26.0. The van der Waals surface area contributed by atoms with Gasteiger partial charge in [0, 0.05) is 32.4 Å². The average Bonchev–Trinajstić information content (AvgIpc) is 3.25. The Hall–Kier alpha value is -1.72. The van der Waals surface area contributed by atoms with Gasteiger partial charge < -0.3 is 4.90 Å². The van der Waals surface area contributed by atoms with E-state index < -0.39 is 10.0 Å². The molecule has 0 radical (unpaired) electrons. The Bertz CT molecular complexity index is 680. The van der Waals surface area contributed by atoms with Crippen molar-refractivity contribution in [1.82, 2.24) is 14.3 Å². The Labute approximate surface area is 124 Å². The molecular weight excluding hydrogens is 290 g/mol. The Morgan fingerprint density at radius 2 is 2.19 bits per heavy atom. The number of rotatable bonds is 4. The third kappa shape index (κ3) is 2.71. The molecule has 1 saturated heterocycles. The summed E-state index contributed by atoms with van der Waals surface area (Å²) >= 11 is 0. The van der Waals surface area contributed by atoms with E-state index in [1.54, 1.807) is 19.3 Å². The van der Waals surface area contributed by atoms with Crippen LogP contribution >= 0.6 is 0 Å². The lowest BCUT2D eigenvalue weighted by Gasteiger charge is -2.24. The van der Waals surface area contributed by atoms with E-state index in [-0.39, 0.29) is 11.3 Å². The van der Waals surface area contributed by atoms with Crippen molar-refractivity contribution in [2.45, 2.75) is 30.6 Å². The zero-order valence-electron chi connectivity index (χ0n) is 11.8. The monoisotopic (exact) mass is 307 g/mol. The van der Waals surface area contributed by atoms with Crippen LogP contribution in [0.4, 0.5) is 5.95 Å². The van der Waals surface area contributed by atoms with Gasteiger partial charge in [-0.3, -0.25) is 0 Å². The van der Waals surface area contributed by atoms with Crippen LogP contribution in [0.3, 0.4) is 0 Å². The smallest absolute Gasteiger partial charge is 0.226 e. The number of hydrogen-bond donors (Lipinski definition) is 0. The van der Waals surface area contributed by atoms with Gasteiger partial charge in [0.15, 0.2) is 0 Å². The summed E-state index contributed by atoms with van der Waals surface area (Å²) in [5.41, 5.74) is 0.322. The normalized spacial score (nSPS) is 22.5. The maximum atomic E-state index is 12.3. The predicted molar refractivity (Wildman–Crippen MR) is 77.1 cm³/mol. The molecule has 2 heterocycles. The van der Waals surface area contributed by atoms with Gasteiger partial charge in [-0.2, -0.15) is 9.57 Å². The molecule has 8 heteroatoms. The van der Waals surface area contributed by atoms with Crippen molar-refractivity contribution in [3.63, 3.8) is 0 Å². The molecule has 0 spiro atoms. The van der Waals surface area contributed by atoms with E-state index in [9.17, 15) is 8.42 Å². The van der Waals surface area contributed by atoms with Crippen molar-refractivity contribution in [2.75, 3.05) is 25.0 Å². The van der Waals surface area contributed by atoms with Crippen LogP contribution in [-0.4, -0.2) is 54.1 Å². The summed E-state index contributed by atoms with van der Waals surface area (Å²) in [6.45, 7) is 1.27. The van der Waals surface area contributed by atoms with E-state index in [4.69, 9.17) is 5.26 Å². The quantitative estimate of drug-likeness (QED) is 0.797. The van der Waals surface area contributed by atoms with Crippen molar-refractivity contribution in [3.8, 4) is 6.07 Å². The first-order valence-electron chi connectivity index (χ1n) is 6.97. The van der Waals surface area contributed by atoms with E-state index >= 15 is 0 Å². The van der Waals surface area contributed by atoms with Crippen LogP contribution in [0.15, 0.2) is 12.3 Å². The summed E-state index contributed by atoms with van der Waals surface area (Å²) in [5.74, 6) is 0.494. The molecule has 2 fully saturated rings. The fraction of sp³-hybridized carbons (Fsp3) is 0.615. The highest BCUT2D eigenvalue weighted by Crippen LogP contribution is 2.32. The fourth-order valence-corrected chi connectivity index (χ4v) is 4.38. The zero-order chi connectivity index (χ0) is 15.0. The molecule has 0 amide bonds. The lowest BCUT2D eigenvalue weighted by Crippen LogP contribution is -2.40. The molecule has 1 saturated carbocycles. The van der Waals surface area contributed by atoms with Gasteiger partial charge in [0.25, 0.3) is 0 Å². The molecule has 0 aromatic carbocycles. The second-order valence-corrected chi connectivity index (χ2v) is 7.78. The van der Waals surface area contributed by atoms with Gasteiger partial charge in [-0.1, -0.05) is 0 Å². The Balaban J connectivity index is 1.72. The number of nitriles is 1. The summed E-state index contributed by atoms with van der Waals surface area (Å²) in [6.07, 6.45) is 3.86. The molecular formula is C13H17N5O2S. The van der Waals surface area contributed by atoms with Crippen molar-refractivity contribution in [2.24, 2.45) is 0 Å². The van der Waals surface area contributed by atoms with Gasteiger partial charge >= 0.3 is 0 Å². The van der Waals surface area contributed by atoms with Crippen LogP contribution < -0.4 is 4.90 Å². The molecule has 1 aromatic rings. The molecule has 7 nitrogen and oxygen atoms in total. The van der Waals surface area contributed by atoms with Crippen LogP contribution in [-0.2, 0) is 10.0 Å². The van der Waals surface area contributed by atoms with Crippen molar-refractivity contribution in [1.29, 1.82) is 5.26 Å². The van der Waals surface area contributed by atoms with Crippen LogP contribution in [0.5, 0.6) is 0 Å². The maximum absolute atomic E-state index is 12.3. The first-order valence-corrected chi connectivity index (χ1v) is 8.47. The Kier molecular flexibility index (Phi) is 3.55. The second-order valence-electron chi connectivity index (χ2n) is 5.50. The number of anilines is 1. The molecule has 0 N–H and O–H groups in total. The number of sulfonamides is 1. The van der Waals surface area contributed by atoms with Gasteiger partial charge in [-0.15, -0.1) is 0 Å². The molecule has 1 aromatic heterocycles. The van der Waals surface area contributed by atoms with Crippen LogP contribution in [0.2, 0.25) is 0 Å². The molecule has 3 rings (SSSR count). The van der Waals surface area contributed by atoms with Gasteiger partial charge in [0.1, 0.15) is 11.8 Å². The van der Waals surface area contributed by atoms with E-state index in [0.29, 0.717) is 24.7 Å². The van der Waals surface area contributed by atoms with Gasteiger partial charge in [-0.25, -0.2) is 18.4 Å². The second kappa shape index (κ2) is 5.24. The summed E-state index contributed by atoms with van der Waals surface area (Å²) in [7, 11) is -1.49. The highest BCUT2D eigenvalue weighted by atomic mass is 32.2. The molecule has 0 bridgehead atoms. The molecule has 1 unspecified atom stereocenters. The van der Waals surface area contributed by atoms with E-state index in [1.807, 2.05) is 11.0 Å². The van der Waals surface area contributed by atoms with E-state index in [1.165, 1.54) is 4.31 Å². The third-order valence-electron chi connectivity index (χ3n) is 4.06. The van der Waals surface area contributed by atoms with E-state index in [0.717, 1.165) is 19.3 Å². The lowest BCUT2D eigenvalue weighted by atomic mass is 10.3. The van der Waals surface area contributed by atoms with Crippen LogP contribution in [0.25, 0.3) is 0 Å². The number of aromatic nitrogens is 2. The predicted octanol–water partition coefficient (Wildman–Crippen LogP) is 0.351. The van der Waals surface area contributed by atoms with Gasteiger partial charge in [0.05, 0.1) is 5.25 Å². The minimum atomic E-state index is -3.15. The average molecular weight is 307 g/mol. The van der Waals surface area contributed by atoms with E-state index in [2.05, 4.69) is 9.97 Å². The largest absolute Gasteiger partial charge is 0.339 e. The first-order chi connectivity index (χ1) is 10.0. The summed E-state index contributed by atoms with van der Waals surface area (Å²) in [6, 6.07) is 3.49. The third-order valence-corrected chi connectivity index (χ3v) is 6.48. The topological polar surface area (TPSA) is 90.2 Å². The first kappa shape index (κ1) is 14.2. The summed E-state index contributed by atoms with van der Waals surface area (Å²) in [5, 5.41) is 8.69. The van der Waals surface area contributed by atoms with Crippen LogP contribution in [0.1, 0.15) is 25.0 Å². The molecule has 1 aliphatic heterocycles. The standard InChI is InChI=1S/C13H17N5O2S/c1-17(21(19,20)12-2-3-12)11-5-7-18(9-11)13-15-6-4-10(8-14)16-13/h4,6,11-12H,2-3,5,7,9H2,1H3. The number of nitrogens with zero attached hydrogens (tertiary/aromatic N) is 5. The number of likely N-dealkylation sites (N-methyl/N-ethyl adjacent to an activating group) is 1. The zero-order valence-corrected chi connectivity index (χ0v) is 12.6. The molecule has 21 heavy (non-hydrogen) atoms. The fourth-order valence-electron chi connectivity index (χ4n) is 2.59. The van der Waals surface area contributed by atoms with Gasteiger partial charge in [-0.05, 0) is 25.3 Å². The Morgan fingerprint density at radius 3 is 2.86 bits per heavy atom. The van der Waals surface area contributed by atoms with Gasteiger partial charge in [0.2, 0.25) is 16.0 Å². The lowest BCUT2D eigenvalue weighted by molar-refractivity contribution is 0.389. The van der Waals surface area contributed by atoms with Crippen molar-refractivity contribution >= 4 is 16.0 Å². The molecule has 1 atom stereocenters. The van der Waals surface area contributed by atoms with Crippen molar-refractivity contribution in [3.05, 3.63) is 18.0 Å². The molecule has 112 valence electrons. The SMILES string of the molecule is CN(C1CCN(c2nccc(C#N)n2)C1)S(=O)(=O)C1CC1. The maximum Gasteiger partial charge on any atom is 0.226 e. The number of hydrogen-bond acceptors (Lipinski definition) is 6.